The van der Waals surface area contributed by atoms with Crippen molar-refractivity contribution in [3.63, 3.8) is 0 Å². The number of para-hydroxylation sites is 1. The Labute approximate surface area is 172 Å². The van der Waals surface area contributed by atoms with Gasteiger partial charge in [0, 0.05) is 56.6 Å². The molecule has 0 bridgehead atoms. The number of rotatable bonds is 3. The van der Waals surface area contributed by atoms with Crippen molar-refractivity contribution in [1.82, 2.24) is 9.47 Å². The first-order valence-corrected chi connectivity index (χ1v) is 9.87. The maximum absolute atomic E-state index is 13.4. The molecule has 1 fully saturated rings. The largest absolute Gasteiger partial charge is 0.507 e. The molecule has 0 radical (unpaired) electrons. The molecule has 0 unspecified atom stereocenters. The standard InChI is InChI=1S/C21H23N3O6/c25-17-13-18(26)24-8-7-23(6-5-16(24)19(17)21(28)29)20(27)14-3-1-2-4-15(14)22-9-11-30-12-10-22/h1-4,13,25H,5-12H2,(H,28,29). The number of amides is 1. The molecule has 0 saturated carbocycles. The summed E-state index contributed by atoms with van der Waals surface area (Å²) in [6, 6.07) is 8.32. The van der Waals surface area contributed by atoms with Crippen LogP contribution in [0.3, 0.4) is 0 Å². The average molecular weight is 413 g/mol. The van der Waals surface area contributed by atoms with Crippen molar-refractivity contribution in [2.24, 2.45) is 0 Å². The molecule has 4 rings (SSSR count). The maximum atomic E-state index is 13.4. The van der Waals surface area contributed by atoms with Gasteiger partial charge in [0.2, 0.25) is 0 Å². The van der Waals surface area contributed by atoms with Crippen LogP contribution < -0.4 is 10.5 Å². The first-order chi connectivity index (χ1) is 14.5. The summed E-state index contributed by atoms with van der Waals surface area (Å²) < 4.78 is 6.74. The number of carbonyl (C=O) groups excluding carboxylic acids is 1. The smallest absolute Gasteiger partial charge is 0.341 e. The number of fused-ring (bicyclic) bond motifs is 1. The van der Waals surface area contributed by atoms with Gasteiger partial charge in [-0.05, 0) is 12.1 Å². The van der Waals surface area contributed by atoms with Crippen molar-refractivity contribution in [3.8, 4) is 5.75 Å². The molecule has 0 spiro atoms. The van der Waals surface area contributed by atoms with Crippen molar-refractivity contribution in [2.75, 3.05) is 44.3 Å². The van der Waals surface area contributed by atoms with Crippen LogP contribution in [0.25, 0.3) is 0 Å². The minimum absolute atomic E-state index is 0.163. The fourth-order valence-corrected chi connectivity index (χ4v) is 4.10. The molecule has 1 saturated heterocycles. The summed E-state index contributed by atoms with van der Waals surface area (Å²) in [6.07, 6.45) is 0.163. The number of ether oxygens (including phenoxy) is 1. The van der Waals surface area contributed by atoms with E-state index in [2.05, 4.69) is 4.90 Å². The van der Waals surface area contributed by atoms with Crippen LogP contribution in [0, 0.1) is 0 Å². The SMILES string of the molecule is O=C(O)c1c(O)cc(=O)n2c1CCN(C(=O)c1ccccc1N1CCOCC1)CC2. The number of aromatic hydroxyl groups is 1. The molecule has 1 amide bonds. The van der Waals surface area contributed by atoms with Gasteiger partial charge in [0.1, 0.15) is 11.3 Å². The summed E-state index contributed by atoms with van der Waals surface area (Å²) in [7, 11) is 0. The van der Waals surface area contributed by atoms with Crippen LogP contribution in [0.1, 0.15) is 26.4 Å². The van der Waals surface area contributed by atoms with Gasteiger partial charge in [0.25, 0.3) is 11.5 Å². The van der Waals surface area contributed by atoms with E-state index in [1.807, 2.05) is 18.2 Å². The molecule has 1 aromatic heterocycles. The zero-order chi connectivity index (χ0) is 21.3. The van der Waals surface area contributed by atoms with Crippen LogP contribution in [0.4, 0.5) is 5.69 Å². The van der Waals surface area contributed by atoms with Crippen LogP contribution in [0.15, 0.2) is 35.1 Å². The monoisotopic (exact) mass is 413 g/mol. The highest BCUT2D eigenvalue weighted by molar-refractivity contribution is 6.00. The third-order valence-corrected chi connectivity index (χ3v) is 5.60. The third-order valence-electron chi connectivity index (χ3n) is 5.60. The Morgan fingerprint density at radius 1 is 1.00 bits per heavy atom. The van der Waals surface area contributed by atoms with Gasteiger partial charge in [0.05, 0.1) is 18.8 Å². The van der Waals surface area contributed by atoms with Gasteiger partial charge in [0.15, 0.2) is 0 Å². The molecule has 158 valence electrons. The Bertz CT molecular complexity index is 1040. The predicted octanol–water partition coefficient (Wildman–Crippen LogP) is 0.787. The molecule has 9 heteroatoms. The van der Waals surface area contributed by atoms with E-state index in [0.717, 1.165) is 11.8 Å². The highest BCUT2D eigenvalue weighted by Crippen LogP contribution is 2.25. The van der Waals surface area contributed by atoms with Gasteiger partial charge in [-0.2, -0.15) is 0 Å². The molecule has 2 aromatic rings. The van der Waals surface area contributed by atoms with Gasteiger partial charge in [-0.25, -0.2) is 4.79 Å². The number of hydrogen-bond acceptors (Lipinski definition) is 6. The van der Waals surface area contributed by atoms with E-state index in [0.29, 0.717) is 31.9 Å². The quantitative estimate of drug-likeness (QED) is 0.765. The van der Waals surface area contributed by atoms with Gasteiger partial charge >= 0.3 is 5.97 Å². The first kappa shape index (κ1) is 20.0. The van der Waals surface area contributed by atoms with Crippen molar-refractivity contribution < 1.29 is 24.5 Å². The zero-order valence-electron chi connectivity index (χ0n) is 16.4. The normalized spacial score (nSPS) is 16.7. The molecular weight excluding hydrogens is 390 g/mol. The minimum Gasteiger partial charge on any atom is -0.507 e. The van der Waals surface area contributed by atoms with Crippen molar-refractivity contribution in [3.05, 3.63) is 57.5 Å². The summed E-state index contributed by atoms with van der Waals surface area (Å²) in [5, 5.41) is 19.4. The summed E-state index contributed by atoms with van der Waals surface area (Å²) in [5.41, 5.74) is 0.894. The molecule has 2 aliphatic heterocycles. The molecule has 3 heterocycles. The van der Waals surface area contributed by atoms with Crippen LogP contribution in [0.5, 0.6) is 5.75 Å². The van der Waals surface area contributed by atoms with E-state index in [1.54, 1.807) is 11.0 Å². The summed E-state index contributed by atoms with van der Waals surface area (Å²) >= 11 is 0. The number of hydrogen-bond donors (Lipinski definition) is 2. The Morgan fingerprint density at radius 2 is 1.73 bits per heavy atom. The summed E-state index contributed by atoms with van der Waals surface area (Å²) in [4.78, 5) is 41.0. The molecule has 1 aromatic carbocycles. The lowest BCUT2D eigenvalue weighted by molar-refractivity contribution is 0.0690. The first-order valence-electron chi connectivity index (χ1n) is 9.87. The topological polar surface area (TPSA) is 112 Å². The number of carbonyl (C=O) groups is 2. The number of pyridine rings is 1. The number of carboxylic acids is 1. The van der Waals surface area contributed by atoms with Crippen molar-refractivity contribution >= 4 is 17.6 Å². The average Bonchev–Trinajstić information content (AvgIpc) is 2.97. The number of aromatic nitrogens is 1. The van der Waals surface area contributed by atoms with Gasteiger partial charge in [-0.1, -0.05) is 12.1 Å². The minimum atomic E-state index is -1.30. The lowest BCUT2D eigenvalue weighted by Gasteiger charge is -2.31. The number of nitrogens with zero attached hydrogens (tertiary/aromatic N) is 3. The Kier molecular flexibility index (Phi) is 5.45. The number of aromatic carboxylic acids is 1. The van der Waals surface area contributed by atoms with Crippen LogP contribution >= 0.6 is 0 Å². The highest BCUT2D eigenvalue weighted by atomic mass is 16.5. The van der Waals surface area contributed by atoms with E-state index in [-0.39, 0.29) is 43.2 Å². The zero-order valence-corrected chi connectivity index (χ0v) is 16.4. The highest BCUT2D eigenvalue weighted by Gasteiger charge is 2.28. The summed E-state index contributed by atoms with van der Waals surface area (Å²) in [5.74, 6) is -2.01. The molecule has 9 nitrogen and oxygen atoms in total. The Balaban J connectivity index is 1.62. The van der Waals surface area contributed by atoms with E-state index >= 15 is 0 Å². The van der Waals surface area contributed by atoms with Crippen molar-refractivity contribution in [2.45, 2.75) is 13.0 Å². The summed E-state index contributed by atoms with van der Waals surface area (Å²) in [6.45, 7) is 3.29. The fraction of sp³-hybridized carbons (Fsp3) is 0.381. The molecule has 0 aliphatic carbocycles. The van der Waals surface area contributed by atoms with Crippen LogP contribution in [-0.2, 0) is 17.7 Å². The lowest BCUT2D eigenvalue weighted by atomic mass is 10.1. The molecule has 2 N–H and O–H groups in total. The lowest BCUT2D eigenvalue weighted by Crippen LogP contribution is -2.39. The van der Waals surface area contributed by atoms with E-state index < -0.39 is 17.3 Å². The van der Waals surface area contributed by atoms with E-state index in [1.165, 1.54) is 4.57 Å². The molecule has 2 aliphatic rings. The third kappa shape index (κ3) is 3.63. The number of benzene rings is 1. The number of morpholine rings is 1. The second-order valence-electron chi connectivity index (χ2n) is 7.31. The predicted molar refractivity (Wildman–Crippen MR) is 108 cm³/mol. The van der Waals surface area contributed by atoms with E-state index in [4.69, 9.17) is 4.74 Å². The van der Waals surface area contributed by atoms with Crippen LogP contribution in [-0.4, -0.2) is 70.9 Å². The van der Waals surface area contributed by atoms with E-state index in [9.17, 15) is 24.6 Å². The molecule has 30 heavy (non-hydrogen) atoms. The van der Waals surface area contributed by atoms with Gasteiger partial charge < -0.3 is 29.3 Å². The molecule has 0 atom stereocenters. The van der Waals surface area contributed by atoms with Crippen molar-refractivity contribution in [1.29, 1.82) is 0 Å². The Hall–Kier alpha value is -3.33. The fourth-order valence-electron chi connectivity index (χ4n) is 4.10. The number of anilines is 1. The Morgan fingerprint density at radius 3 is 2.47 bits per heavy atom. The molecular formula is C21H23N3O6. The second kappa shape index (κ2) is 8.19. The second-order valence-corrected chi connectivity index (χ2v) is 7.31. The van der Waals surface area contributed by atoms with Gasteiger partial charge in [-0.15, -0.1) is 0 Å². The number of carboxylic acid groups (broad SMARTS) is 1. The maximum Gasteiger partial charge on any atom is 0.341 e. The van der Waals surface area contributed by atoms with Gasteiger partial charge in [-0.3, -0.25) is 9.59 Å². The van der Waals surface area contributed by atoms with Crippen LogP contribution in [0.2, 0.25) is 0 Å².